The zero-order chi connectivity index (χ0) is 28.1. The quantitative estimate of drug-likeness (QED) is 0.0872. The van der Waals surface area contributed by atoms with Crippen molar-refractivity contribution in [3.63, 3.8) is 0 Å². The molecule has 2 heterocycles. The van der Waals surface area contributed by atoms with Crippen molar-refractivity contribution >= 4 is 39.9 Å². The highest BCUT2D eigenvalue weighted by molar-refractivity contribution is 7.17. The fourth-order valence-electron chi connectivity index (χ4n) is 4.08. The Hall–Kier alpha value is -4.44. The van der Waals surface area contributed by atoms with Gasteiger partial charge in [0.2, 0.25) is 0 Å². The smallest absolute Gasteiger partial charge is 0.350 e. The number of rotatable bonds is 10. The first-order chi connectivity index (χ1) is 18.8. The van der Waals surface area contributed by atoms with Crippen LogP contribution in [-0.2, 0) is 14.3 Å². The van der Waals surface area contributed by atoms with E-state index in [1.165, 1.54) is 18.2 Å². The van der Waals surface area contributed by atoms with Gasteiger partial charge in [0.1, 0.15) is 28.7 Å². The summed E-state index contributed by atoms with van der Waals surface area (Å²) in [6, 6.07) is 11.5. The number of esters is 1. The lowest BCUT2D eigenvalue weighted by atomic mass is 9.95. The normalized spacial score (nSPS) is 16.4. The zero-order valence-electron chi connectivity index (χ0n) is 21.5. The summed E-state index contributed by atoms with van der Waals surface area (Å²) < 4.78 is 10.8. The predicted molar refractivity (Wildman–Crippen MR) is 147 cm³/mol. The van der Waals surface area contributed by atoms with Crippen LogP contribution in [0.3, 0.4) is 0 Å². The zero-order valence-corrected chi connectivity index (χ0v) is 22.4. The lowest BCUT2D eigenvalue weighted by Gasteiger charge is -2.23. The second kappa shape index (κ2) is 12.0. The monoisotopic (exact) mass is 548 g/mol. The van der Waals surface area contributed by atoms with Gasteiger partial charge < -0.3 is 19.7 Å². The Morgan fingerprint density at radius 1 is 1.15 bits per heavy atom. The van der Waals surface area contributed by atoms with Crippen LogP contribution in [-0.4, -0.2) is 46.1 Å². The van der Waals surface area contributed by atoms with E-state index < -0.39 is 23.7 Å². The fraction of sp³-hybridized carbons (Fsp3) is 0.241. The van der Waals surface area contributed by atoms with E-state index in [9.17, 15) is 24.6 Å². The third kappa shape index (κ3) is 5.70. The molecule has 0 saturated carbocycles. The van der Waals surface area contributed by atoms with Crippen LogP contribution >= 0.6 is 11.3 Å². The number of nitrogens with zero attached hydrogens (tertiary/aromatic N) is 2. The van der Waals surface area contributed by atoms with Crippen LogP contribution in [0.15, 0.2) is 66.8 Å². The number of Topliss-reactive ketones (excluding diaryl/α,β-unsaturated/α-hetero) is 1. The molecule has 0 unspecified atom stereocenters. The molecular weight excluding hydrogens is 520 g/mol. The Kier molecular flexibility index (Phi) is 8.46. The molecule has 39 heavy (non-hydrogen) atoms. The van der Waals surface area contributed by atoms with Crippen LogP contribution in [0.5, 0.6) is 11.5 Å². The lowest BCUT2D eigenvalue weighted by molar-refractivity contribution is -0.132. The number of ketones is 1. The molecule has 1 aliphatic rings. The van der Waals surface area contributed by atoms with Crippen LogP contribution in [0.4, 0.5) is 5.13 Å². The first-order valence-electron chi connectivity index (χ1n) is 12.3. The average Bonchev–Trinajstić information content (AvgIpc) is 3.44. The summed E-state index contributed by atoms with van der Waals surface area (Å²) in [4.78, 5) is 44.9. The second-order valence-corrected chi connectivity index (χ2v) is 9.76. The third-order valence-electron chi connectivity index (χ3n) is 6.06. The van der Waals surface area contributed by atoms with Gasteiger partial charge in [0.15, 0.2) is 5.13 Å². The molecule has 202 valence electrons. The van der Waals surface area contributed by atoms with Crippen LogP contribution in [0.25, 0.3) is 5.76 Å². The summed E-state index contributed by atoms with van der Waals surface area (Å²) in [5.41, 5.74) is 0.961. The SMILES string of the molecule is C=CCOC(=O)c1sc(N2C(=O)C(=O)C(=C(O)c3ccc(OCCCC)cc3)[C@H]2c2ccc(O)cc2)nc1C. The van der Waals surface area contributed by atoms with E-state index in [4.69, 9.17) is 9.47 Å². The highest BCUT2D eigenvalue weighted by atomic mass is 32.1. The van der Waals surface area contributed by atoms with Gasteiger partial charge in [0.25, 0.3) is 5.78 Å². The molecule has 1 saturated heterocycles. The minimum absolute atomic E-state index is 0.00592. The number of amides is 1. The standard InChI is InChI=1S/C29H28N2O7S/c1-4-6-16-37-21-13-9-19(10-14-21)24(33)22-23(18-7-11-20(32)12-8-18)31(27(35)25(22)34)29-30-17(3)26(39-29)28(36)38-15-5-2/h5,7-14,23,32-33H,2,4,6,15-16H2,1,3H3/t23-/m1/s1. The fourth-order valence-corrected chi connectivity index (χ4v) is 5.06. The predicted octanol–water partition coefficient (Wildman–Crippen LogP) is 5.31. The van der Waals surface area contributed by atoms with E-state index in [-0.39, 0.29) is 33.7 Å². The van der Waals surface area contributed by atoms with Crippen LogP contribution in [0.1, 0.15) is 52.3 Å². The Bertz CT molecular complexity index is 1420. The minimum atomic E-state index is -1.06. The van der Waals surface area contributed by atoms with Gasteiger partial charge in [-0.2, -0.15) is 0 Å². The molecule has 3 aromatic rings. The average molecular weight is 549 g/mol. The van der Waals surface area contributed by atoms with E-state index in [0.717, 1.165) is 29.1 Å². The number of ether oxygens (including phenoxy) is 2. The molecule has 1 fully saturated rings. The number of carbonyl (C=O) groups excluding carboxylic acids is 3. The molecule has 0 aliphatic carbocycles. The number of hydrogen-bond donors (Lipinski definition) is 2. The molecule has 0 radical (unpaired) electrons. The number of phenolic OH excluding ortho intramolecular Hbond substituents is 1. The highest BCUT2D eigenvalue weighted by Gasteiger charge is 2.48. The Morgan fingerprint density at radius 2 is 1.85 bits per heavy atom. The molecule has 10 heteroatoms. The number of carbonyl (C=O) groups is 3. The first kappa shape index (κ1) is 27.6. The first-order valence-corrected chi connectivity index (χ1v) is 13.2. The molecule has 0 spiro atoms. The summed E-state index contributed by atoms with van der Waals surface area (Å²) in [6.45, 7) is 7.75. The van der Waals surface area contributed by atoms with Gasteiger partial charge in [-0.1, -0.05) is 49.5 Å². The number of aromatic hydroxyl groups is 1. The van der Waals surface area contributed by atoms with E-state index in [0.29, 0.717) is 29.2 Å². The summed E-state index contributed by atoms with van der Waals surface area (Å²) in [6.07, 6.45) is 3.33. The van der Waals surface area contributed by atoms with Crippen LogP contribution in [0, 0.1) is 6.92 Å². The molecule has 2 N–H and O–H groups in total. The molecule has 4 rings (SSSR count). The molecule has 0 bridgehead atoms. The maximum atomic E-state index is 13.4. The van der Waals surface area contributed by atoms with Crippen molar-refractivity contribution in [2.75, 3.05) is 18.1 Å². The van der Waals surface area contributed by atoms with Gasteiger partial charge in [-0.05, 0) is 55.3 Å². The number of aliphatic hydroxyl groups is 1. The molecule has 1 amide bonds. The number of hydrogen-bond acceptors (Lipinski definition) is 9. The molecule has 9 nitrogen and oxygen atoms in total. The summed E-state index contributed by atoms with van der Waals surface area (Å²) in [7, 11) is 0. The highest BCUT2D eigenvalue weighted by Crippen LogP contribution is 2.44. The summed E-state index contributed by atoms with van der Waals surface area (Å²) in [5.74, 6) is -2.20. The van der Waals surface area contributed by atoms with Gasteiger partial charge in [-0.15, -0.1) is 0 Å². The Labute approximate surface area is 229 Å². The van der Waals surface area contributed by atoms with E-state index in [1.54, 1.807) is 43.3 Å². The second-order valence-electron chi connectivity index (χ2n) is 8.79. The number of aromatic nitrogens is 1. The van der Waals surface area contributed by atoms with Gasteiger partial charge in [-0.25, -0.2) is 9.78 Å². The van der Waals surface area contributed by atoms with Gasteiger partial charge in [0, 0.05) is 5.56 Å². The van der Waals surface area contributed by atoms with Crippen molar-refractivity contribution in [3.05, 3.63) is 88.5 Å². The number of aliphatic hydroxyl groups excluding tert-OH is 1. The minimum Gasteiger partial charge on any atom is -0.508 e. The van der Waals surface area contributed by atoms with Crippen molar-refractivity contribution in [1.29, 1.82) is 0 Å². The van der Waals surface area contributed by atoms with Crippen molar-refractivity contribution in [1.82, 2.24) is 4.98 Å². The lowest BCUT2D eigenvalue weighted by Crippen LogP contribution is -2.29. The number of aryl methyl sites for hydroxylation is 1. The van der Waals surface area contributed by atoms with Crippen molar-refractivity contribution < 1.29 is 34.1 Å². The Morgan fingerprint density at radius 3 is 2.49 bits per heavy atom. The molecular formula is C29H28N2O7S. The van der Waals surface area contributed by atoms with Gasteiger partial charge in [0.05, 0.1) is 23.9 Å². The number of thiazole rings is 1. The summed E-state index contributed by atoms with van der Waals surface area (Å²) in [5, 5.41) is 21.2. The number of phenols is 1. The third-order valence-corrected chi connectivity index (χ3v) is 7.19. The maximum Gasteiger partial charge on any atom is 0.350 e. The number of benzene rings is 2. The molecule has 1 atom stereocenters. The van der Waals surface area contributed by atoms with E-state index in [2.05, 4.69) is 18.5 Å². The molecule has 2 aromatic carbocycles. The van der Waals surface area contributed by atoms with Crippen molar-refractivity contribution in [3.8, 4) is 11.5 Å². The van der Waals surface area contributed by atoms with E-state index in [1.807, 2.05) is 0 Å². The molecule has 1 aromatic heterocycles. The topological polar surface area (TPSA) is 126 Å². The van der Waals surface area contributed by atoms with Crippen molar-refractivity contribution in [2.24, 2.45) is 0 Å². The van der Waals surface area contributed by atoms with Gasteiger partial charge in [-0.3, -0.25) is 14.5 Å². The number of unbranched alkanes of at least 4 members (excludes halogenated alkanes) is 1. The summed E-state index contributed by atoms with van der Waals surface area (Å²) >= 11 is 0.906. The van der Waals surface area contributed by atoms with Crippen molar-refractivity contribution in [2.45, 2.75) is 32.7 Å². The van der Waals surface area contributed by atoms with Crippen LogP contribution < -0.4 is 9.64 Å². The van der Waals surface area contributed by atoms with Gasteiger partial charge >= 0.3 is 11.9 Å². The largest absolute Gasteiger partial charge is 0.508 e. The van der Waals surface area contributed by atoms with Crippen LogP contribution in [0.2, 0.25) is 0 Å². The maximum absolute atomic E-state index is 13.4. The van der Waals surface area contributed by atoms with E-state index >= 15 is 0 Å². The molecule has 1 aliphatic heterocycles. The Balaban J connectivity index is 1.79. The number of anilines is 1.